The molecule has 1 heterocycles. The number of carboxylic acid groups (broad SMARTS) is 1. The topological polar surface area (TPSA) is 142 Å². The van der Waals surface area contributed by atoms with E-state index in [0.29, 0.717) is 79.7 Å². The van der Waals surface area contributed by atoms with Gasteiger partial charge in [0.25, 0.3) is 0 Å². The van der Waals surface area contributed by atoms with Crippen molar-refractivity contribution in [3.8, 4) is 6.07 Å². The predicted molar refractivity (Wildman–Crippen MR) is 152 cm³/mol. The smallest absolute Gasteiger partial charge is 0.548 e. The Bertz CT molecular complexity index is 1210. The quantitative estimate of drug-likeness (QED) is 0.0872. The average molecular weight is 610 g/mol. The molecule has 0 aliphatic carbocycles. The van der Waals surface area contributed by atoms with Crippen LogP contribution in [0.25, 0.3) is 4.85 Å². The van der Waals surface area contributed by atoms with Crippen LogP contribution in [-0.2, 0) is 28.5 Å². The van der Waals surface area contributed by atoms with E-state index in [1.54, 1.807) is 6.92 Å². The van der Waals surface area contributed by atoms with Gasteiger partial charge in [-0.3, -0.25) is 0 Å². The fourth-order valence-corrected chi connectivity index (χ4v) is 4.39. The van der Waals surface area contributed by atoms with Crippen molar-refractivity contribution < 1.29 is 63.1 Å². The summed E-state index contributed by atoms with van der Waals surface area (Å²) >= 11 is 1.17. The third-order valence-corrected chi connectivity index (χ3v) is 6.78. The van der Waals surface area contributed by atoms with Crippen LogP contribution in [0.15, 0.2) is 28.4 Å². The molecule has 1 aromatic carbocycles. The molecule has 0 atom stereocenters. The van der Waals surface area contributed by atoms with Crippen LogP contribution in [-0.4, -0.2) is 85.1 Å². The number of aliphatic carboxylic acids is 1. The number of azo groups is 1. The van der Waals surface area contributed by atoms with Gasteiger partial charge in [-0.2, -0.15) is 5.26 Å². The summed E-state index contributed by atoms with van der Waals surface area (Å²) in [4.78, 5) is 15.8. The van der Waals surface area contributed by atoms with Crippen LogP contribution in [0.5, 0.6) is 0 Å². The number of hydrogen-bond acceptors (Lipinski definition) is 12. The van der Waals surface area contributed by atoms with Crippen molar-refractivity contribution in [1.82, 2.24) is 0 Å². The molecule has 0 radical (unpaired) electrons. The molecule has 2 rings (SSSR count). The summed E-state index contributed by atoms with van der Waals surface area (Å²) in [5.74, 6) is -1.25. The van der Waals surface area contributed by atoms with Crippen LogP contribution in [0.4, 0.5) is 21.4 Å². The van der Waals surface area contributed by atoms with Crippen molar-refractivity contribution >= 4 is 38.7 Å². The number of carboxylic acids is 1. The maximum absolute atomic E-state index is 10.2. The van der Waals surface area contributed by atoms with Crippen molar-refractivity contribution in [2.24, 2.45) is 10.2 Å². The Hall–Kier alpha value is -2.43. The minimum absolute atomic E-state index is 0. The van der Waals surface area contributed by atoms with Crippen LogP contribution < -0.4 is 39.6 Å². The number of carbonyl (C=O) groups excluding carboxylic acids is 1. The molecule has 12 nitrogen and oxygen atoms in total. The van der Waals surface area contributed by atoms with Gasteiger partial charge in [0.15, 0.2) is 0 Å². The molecule has 222 valence electrons. The molecule has 0 unspecified atom stereocenters. The van der Waals surface area contributed by atoms with Gasteiger partial charge in [0.2, 0.25) is 5.00 Å². The number of aryl methyl sites for hydroxylation is 1. The zero-order valence-electron chi connectivity index (χ0n) is 24.7. The minimum atomic E-state index is -1.25. The van der Waals surface area contributed by atoms with E-state index >= 15 is 0 Å². The molecule has 0 saturated heterocycles. The van der Waals surface area contributed by atoms with Gasteiger partial charge in [-0.1, -0.05) is 0 Å². The number of thiophene rings is 1. The van der Waals surface area contributed by atoms with Gasteiger partial charge in [-0.15, -0.1) is 21.6 Å². The van der Waals surface area contributed by atoms with Gasteiger partial charge in [0, 0.05) is 18.8 Å². The molecule has 0 bridgehead atoms. The number of likely N-dealkylation sites (N-methyl/N-ethyl adjacent to an activating group) is 1. The number of anilines is 1. The average Bonchev–Trinajstić information content (AvgIpc) is 3.27. The molecule has 0 aliphatic rings. The number of benzene rings is 1. The Balaban J connectivity index is 0.00000882. The summed E-state index contributed by atoms with van der Waals surface area (Å²) in [5, 5.41) is 29.1. The first kappa shape index (κ1) is 37.6. The van der Waals surface area contributed by atoms with E-state index in [9.17, 15) is 15.2 Å². The normalized spacial score (nSPS) is 10.8. The van der Waals surface area contributed by atoms with Gasteiger partial charge in [0.1, 0.15) is 11.1 Å². The Morgan fingerprint density at radius 1 is 1.00 bits per heavy atom. The SMILES string of the molecule is [C-]#[N+]c1sc(N=Nc2ccc(N(CC)CCOCCOCCOCCOCCOCC(=O)[O-])cc2C)c(C#N)c1C.[Na+]. The van der Waals surface area contributed by atoms with E-state index in [0.717, 1.165) is 24.3 Å². The van der Waals surface area contributed by atoms with E-state index in [2.05, 4.69) is 33.0 Å². The summed E-state index contributed by atoms with van der Waals surface area (Å²) in [6, 6.07) is 8.05. The first-order valence-corrected chi connectivity index (χ1v) is 14.0. The van der Waals surface area contributed by atoms with Crippen molar-refractivity contribution in [2.45, 2.75) is 20.8 Å². The Labute approximate surface area is 273 Å². The van der Waals surface area contributed by atoms with Crippen molar-refractivity contribution in [3.63, 3.8) is 0 Å². The molecule has 2 aromatic rings. The summed E-state index contributed by atoms with van der Waals surface area (Å²) < 4.78 is 26.7. The Morgan fingerprint density at radius 2 is 1.57 bits per heavy atom. The van der Waals surface area contributed by atoms with E-state index < -0.39 is 12.6 Å². The maximum Gasteiger partial charge on any atom is 1.00 e. The van der Waals surface area contributed by atoms with Crippen LogP contribution >= 0.6 is 11.3 Å². The van der Waals surface area contributed by atoms with Gasteiger partial charge < -0.3 is 38.5 Å². The fraction of sp³-hybridized carbons (Fsp3) is 0.536. The third-order valence-electron chi connectivity index (χ3n) is 5.71. The molecule has 42 heavy (non-hydrogen) atoms. The van der Waals surface area contributed by atoms with Crippen LogP contribution in [0.2, 0.25) is 0 Å². The molecule has 0 aliphatic heterocycles. The predicted octanol–water partition coefficient (Wildman–Crippen LogP) is 0.866. The van der Waals surface area contributed by atoms with Crippen LogP contribution in [0.3, 0.4) is 0 Å². The van der Waals surface area contributed by atoms with Gasteiger partial charge in [-0.05, 0) is 50.1 Å². The number of rotatable bonds is 21. The molecule has 0 saturated carbocycles. The molecule has 14 heteroatoms. The second-order valence-corrected chi connectivity index (χ2v) is 9.54. The second kappa shape index (κ2) is 22.2. The maximum atomic E-state index is 10.2. The van der Waals surface area contributed by atoms with Gasteiger partial charge in [0.05, 0.1) is 89.9 Å². The summed E-state index contributed by atoms with van der Waals surface area (Å²) in [6.07, 6.45) is 0. The van der Waals surface area contributed by atoms with Gasteiger partial charge in [-0.25, -0.2) is 4.85 Å². The van der Waals surface area contributed by atoms with E-state index in [4.69, 9.17) is 30.3 Å². The number of nitriles is 1. The number of hydrogen-bond donors (Lipinski definition) is 0. The molecule has 0 spiro atoms. The zero-order valence-corrected chi connectivity index (χ0v) is 27.5. The molecule has 0 N–H and O–H groups in total. The number of nitrogens with zero attached hydrogens (tertiary/aromatic N) is 5. The minimum Gasteiger partial charge on any atom is -0.548 e. The summed E-state index contributed by atoms with van der Waals surface area (Å²) in [5.41, 5.74) is 3.75. The standard InChI is InChI=1S/C28H37N5O7S.Na/c1-5-33(8-9-36-10-11-37-12-13-38-14-15-39-16-17-40-20-26(34)35)23-6-7-25(21(2)18-23)31-32-28-24(19-29)22(3)27(30-4)41-28;/h6-7,18H,5,8-17,20H2,1-3H3,(H,34,35);/q;+1/p-1. The van der Waals surface area contributed by atoms with Crippen molar-refractivity contribution in [2.75, 3.05) is 84.1 Å². The zero-order chi connectivity index (χ0) is 29.9. The van der Waals surface area contributed by atoms with Crippen LogP contribution in [0, 0.1) is 31.8 Å². The van der Waals surface area contributed by atoms with Gasteiger partial charge >= 0.3 is 29.6 Å². The molecule has 1 aromatic heterocycles. The van der Waals surface area contributed by atoms with E-state index in [1.807, 2.05) is 25.1 Å². The summed E-state index contributed by atoms with van der Waals surface area (Å²) in [6.45, 7) is 17.8. The van der Waals surface area contributed by atoms with E-state index in [-0.39, 0.29) is 36.2 Å². The molecular formula is C28H36N5NaO7S. The molecule has 0 fully saturated rings. The van der Waals surface area contributed by atoms with Crippen molar-refractivity contribution in [1.29, 1.82) is 5.26 Å². The third kappa shape index (κ3) is 13.7. The fourth-order valence-electron chi connectivity index (χ4n) is 3.52. The Morgan fingerprint density at radius 3 is 2.07 bits per heavy atom. The molecule has 0 amide bonds. The second-order valence-electron chi connectivity index (χ2n) is 8.56. The van der Waals surface area contributed by atoms with E-state index in [1.165, 1.54) is 11.3 Å². The number of carbonyl (C=O) groups is 1. The van der Waals surface area contributed by atoms with Crippen LogP contribution in [0.1, 0.15) is 23.6 Å². The first-order chi connectivity index (χ1) is 19.9. The van der Waals surface area contributed by atoms with Crippen molar-refractivity contribution in [3.05, 3.63) is 46.3 Å². The molecular weight excluding hydrogens is 573 g/mol. The summed E-state index contributed by atoms with van der Waals surface area (Å²) in [7, 11) is 0. The first-order valence-electron chi connectivity index (χ1n) is 13.2. The Kier molecular flexibility index (Phi) is 19.8. The number of ether oxygens (including phenoxy) is 5. The monoisotopic (exact) mass is 609 g/mol. The largest absolute Gasteiger partial charge is 1.00 e.